The highest BCUT2D eigenvalue weighted by atomic mass is 35.5. The maximum absolute atomic E-state index is 13.2. The number of halogens is 2. The molecule has 2 heterocycles. The van der Waals surface area contributed by atoms with Crippen LogP contribution in [0.2, 0.25) is 10.0 Å². The van der Waals surface area contributed by atoms with Gasteiger partial charge in [-0.1, -0.05) is 23.2 Å². The molecule has 2 aromatic carbocycles. The summed E-state index contributed by atoms with van der Waals surface area (Å²) in [6, 6.07) is 10.2. The zero-order valence-electron chi connectivity index (χ0n) is 15.7. The van der Waals surface area contributed by atoms with Crippen molar-refractivity contribution in [1.29, 1.82) is 0 Å². The van der Waals surface area contributed by atoms with Gasteiger partial charge in [-0.2, -0.15) is 0 Å². The van der Waals surface area contributed by atoms with Crippen LogP contribution in [0.1, 0.15) is 29.3 Å². The smallest absolute Gasteiger partial charge is 0.292 e. The van der Waals surface area contributed by atoms with Crippen molar-refractivity contribution in [2.45, 2.75) is 19.1 Å². The number of fused-ring (bicyclic) bond motifs is 2. The number of anilines is 1. The second kappa shape index (κ2) is 7.95. The Bertz CT molecular complexity index is 954. The molecule has 0 unspecified atom stereocenters. The number of Topliss-reactive ketones (excluding diaryl/α,β-unsaturated/α-hetero) is 1. The normalized spacial score (nSPS) is 17.5. The fourth-order valence-electron chi connectivity index (χ4n) is 3.53. The van der Waals surface area contributed by atoms with Gasteiger partial charge in [-0.3, -0.25) is 9.59 Å². The van der Waals surface area contributed by atoms with Crippen LogP contribution in [0.3, 0.4) is 0 Å². The first-order valence-corrected chi connectivity index (χ1v) is 10.0. The van der Waals surface area contributed by atoms with Crippen molar-refractivity contribution in [1.82, 2.24) is 0 Å². The number of carbonyl (C=O) groups excluding carboxylic acids is 2. The number of amides is 1. The van der Waals surface area contributed by atoms with Gasteiger partial charge in [0.05, 0.1) is 35.5 Å². The van der Waals surface area contributed by atoms with Crippen molar-refractivity contribution in [2.75, 3.05) is 31.3 Å². The molecular weight excluding hydrogens is 417 g/mol. The van der Waals surface area contributed by atoms with Gasteiger partial charge in [0.1, 0.15) is 12.4 Å². The van der Waals surface area contributed by atoms with Gasteiger partial charge < -0.3 is 19.1 Å². The highest BCUT2D eigenvalue weighted by Crippen LogP contribution is 2.50. The second-order valence-electron chi connectivity index (χ2n) is 6.81. The standard InChI is InChI=1S/C21H19Cl2NO5/c1-13(25)14-3-5-15(6-4-14)27-12-9-24-19-16(7-8-17(22)18(19)23)21(20(24)26)28-10-2-11-29-21/h3-8H,2,9-12H2,1H3. The van der Waals surface area contributed by atoms with Crippen LogP contribution in [0.15, 0.2) is 36.4 Å². The first-order chi connectivity index (χ1) is 13.9. The summed E-state index contributed by atoms with van der Waals surface area (Å²) < 4.78 is 17.4. The average molecular weight is 436 g/mol. The lowest BCUT2D eigenvalue weighted by Gasteiger charge is -2.32. The molecule has 0 radical (unpaired) electrons. The third kappa shape index (κ3) is 3.51. The summed E-state index contributed by atoms with van der Waals surface area (Å²) in [7, 11) is 0. The van der Waals surface area contributed by atoms with E-state index in [4.69, 9.17) is 37.4 Å². The number of nitrogens with zero attached hydrogens (tertiary/aromatic N) is 1. The minimum absolute atomic E-state index is 0.0138. The molecule has 0 atom stereocenters. The van der Waals surface area contributed by atoms with Crippen LogP contribution < -0.4 is 9.64 Å². The predicted octanol–water partition coefficient (Wildman–Crippen LogP) is 4.21. The minimum atomic E-state index is -1.48. The first-order valence-electron chi connectivity index (χ1n) is 9.26. The third-order valence-corrected chi connectivity index (χ3v) is 5.76. The molecule has 8 heteroatoms. The van der Waals surface area contributed by atoms with Gasteiger partial charge in [-0.25, -0.2) is 0 Å². The molecule has 0 aromatic heterocycles. The molecule has 0 saturated carbocycles. The van der Waals surface area contributed by atoms with Crippen LogP contribution in [0.25, 0.3) is 0 Å². The van der Waals surface area contributed by atoms with Gasteiger partial charge >= 0.3 is 0 Å². The Balaban J connectivity index is 1.55. The molecule has 4 rings (SSSR count). The Kier molecular flexibility index (Phi) is 5.53. The molecule has 29 heavy (non-hydrogen) atoms. The summed E-state index contributed by atoms with van der Waals surface area (Å²) >= 11 is 12.6. The number of benzene rings is 2. The highest BCUT2D eigenvalue weighted by Gasteiger charge is 2.55. The number of ketones is 1. The van der Waals surface area contributed by atoms with Crippen LogP contribution in [-0.4, -0.2) is 38.1 Å². The van der Waals surface area contributed by atoms with Gasteiger partial charge in [0.15, 0.2) is 5.78 Å². The van der Waals surface area contributed by atoms with Gasteiger partial charge in [0.2, 0.25) is 0 Å². The van der Waals surface area contributed by atoms with E-state index in [2.05, 4.69) is 0 Å². The summed E-state index contributed by atoms with van der Waals surface area (Å²) in [6.07, 6.45) is 0.713. The molecule has 0 bridgehead atoms. The number of hydrogen-bond acceptors (Lipinski definition) is 5. The lowest BCUT2D eigenvalue weighted by molar-refractivity contribution is -0.256. The molecule has 6 nitrogen and oxygen atoms in total. The van der Waals surface area contributed by atoms with Crippen LogP contribution >= 0.6 is 23.2 Å². The number of rotatable bonds is 5. The summed E-state index contributed by atoms with van der Waals surface area (Å²) in [6.45, 7) is 2.78. The van der Waals surface area contributed by atoms with E-state index in [1.54, 1.807) is 36.4 Å². The molecule has 2 aliphatic rings. The third-order valence-electron chi connectivity index (χ3n) is 4.96. The van der Waals surface area contributed by atoms with Crippen molar-refractivity contribution >= 4 is 40.6 Å². The maximum atomic E-state index is 13.2. The van der Waals surface area contributed by atoms with Crippen LogP contribution in [-0.2, 0) is 20.1 Å². The van der Waals surface area contributed by atoms with Crippen molar-refractivity contribution in [2.24, 2.45) is 0 Å². The molecule has 2 aromatic rings. The van der Waals surface area contributed by atoms with Crippen molar-refractivity contribution in [3.05, 3.63) is 57.6 Å². The van der Waals surface area contributed by atoms with Gasteiger partial charge in [0.25, 0.3) is 11.7 Å². The van der Waals surface area contributed by atoms with Gasteiger partial charge in [-0.05, 0) is 49.7 Å². The number of hydrogen-bond donors (Lipinski definition) is 0. The van der Waals surface area contributed by atoms with Crippen molar-refractivity contribution < 1.29 is 23.8 Å². The molecule has 1 fully saturated rings. The summed E-state index contributed by atoms with van der Waals surface area (Å²) in [4.78, 5) is 26.1. The van der Waals surface area contributed by atoms with Crippen molar-refractivity contribution in [3.63, 3.8) is 0 Å². The zero-order valence-corrected chi connectivity index (χ0v) is 17.3. The fourth-order valence-corrected chi connectivity index (χ4v) is 3.95. The molecule has 152 valence electrons. The summed E-state index contributed by atoms with van der Waals surface area (Å²) in [5.41, 5.74) is 1.65. The lowest BCUT2D eigenvalue weighted by atomic mass is 10.1. The average Bonchev–Trinajstić information content (AvgIpc) is 2.94. The summed E-state index contributed by atoms with van der Waals surface area (Å²) in [5, 5.41) is 0.620. The molecule has 1 amide bonds. The maximum Gasteiger partial charge on any atom is 0.292 e. The topological polar surface area (TPSA) is 65.1 Å². The van der Waals surface area contributed by atoms with Crippen LogP contribution in [0.4, 0.5) is 5.69 Å². The fraction of sp³-hybridized carbons (Fsp3) is 0.333. The molecular formula is C21H19Cl2NO5. The Hall–Kier alpha value is -2.12. The second-order valence-corrected chi connectivity index (χ2v) is 7.60. The first kappa shape index (κ1) is 20.2. The van der Waals surface area contributed by atoms with E-state index < -0.39 is 5.79 Å². The molecule has 1 spiro atoms. The summed E-state index contributed by atoms with van der Waals surface area (Å²) in [5.74, 6) is -1.24. The van der Waals surface area contributed by atoms with Crippen LogP contribution in [0.5, 0.6) is 5.75 Å². The van der Waals surface area contributed by atoms with Gasteiger partial charge in [-0.15, -0.1) is 0 Å². The van der Waals surface area contributed by atoms with E-state index in [1.165, 1.54) is 11.8 Å². The number of carbonyl (C=O) groups is 2. The Labute approximate surface area is 178 Å². The largest absolute Gasteiger partial charge is 0.492 e. The molecule has 2 aliphatic heterocycles. The highest BCUT2D eigenvalue weighted by molar-refractivity contribution is 6.44. The Morgan fingerprint density at radius 2 is 1.83 bits per heavy atom. The minimum Gasteiger partial charge on any atom is -0.492 e. The molecule has 0 N–H and O–H groups in total. The van der Waals surface area contributed by atoms with Crippen molar-refractivity contribution in [3.8, 4) is 5.75 Å². The number of ether oxygens (including phenoxy) is 3. The van der Waals surface area contributed by atoms with E-state index in [1.807, 2.05) is 0 Å². The van der Waals surface area contributed by atoms with E-state index >= 15 is 0 Å². The van der Waals surface area contributed by atoms with E-state index in [0.717, 1.165) is 0 Å². The molecule has 1 saturated heterocycles. The lowest BCUT2D eigenvalue weighted by Crippen LogP contribution is -2.48. The molecule has 0 aliphatic carbocycles. The predicted molar refractivity (Wildman–Crippen MR) is 109 cm³/mol. The van der Waals surface area contributed by atoms with Crippen LogP contribution in [0, 0.1) is 0 Å². The quantitative estimate of drug-likeness (QED) is 0.658. The SMILES string of the molecule is CC(=O)c1ccc(OCCN2C(=O)C3(OCCCO3)c3ccc(Cl)c(Cl)c32)cc1. The Morgan fingerprint density at radius 1 is 1.14 bits per heavy atom. The Morgan fingerprint density at radius 3 is 2.48 bits per heavy atom. The van der Waals surface area contributed by atoms with E-state index in [-0.39, 0.29) is 29.9 Å². The van der Waals surface area contributed by atoms with E-state index in [9.17, 15) is 9.59 Å². The van der Waals surface area contributed by atoms with E-state index in [0.29, 0.717) is 47.2 Å². The van der Waals surface area contributed by atoms with Gasteiger partial charge in [0, 0.05) is 11.1 Å². The zero-order chi connectivity index (χ0) is 20.6. The monoisotopic (exact) mass is 435 g/mol.